The van der Waals surface area contributed by atoms with E-state index in [1.54, 1.807) is 12.1 Å². The van der Waals surface area contributed by atoms with Crippen LogP contribution in [0.25, 0.3) is 44.5 Å². The molecule has 0 amide bonds. The lowest BCUT2D eigenvalue weighted by atomic mass is 10.00. The fourth-order valence-electron chi connectivity index (χ4n) is 5.63. The van der Waals surface area contributed by atoms with Gasteiger partial charge in [0.05, 0.1) is 0 Å². The van der Waals surface area contributed by atoms with Gasteiger partial charge in [-0.15, -0.1) is 0 Å². The summed E-state index contributed by atoms with van der Waals surface area (Å²) in [6.07, 6.45) is 0. The summed E-state index contributed by atoms with van der Waals surface area (Å²) in [7, 11) is 0. The predicted molar refractivity (Wildman–Crippen MR) is 185 cm³/mol. The van der Waals surface area contributed by atoms with E-state index in [0.717, 1.165) is 39.3 Å². The van der Waals surface area contributed by atoms with Gasteiger partial charge in [0.2, 0.25) is 0 Å². The Morgan fingerprint density at radius 2 is 0.477 bits per heavy atom. The Hall–Kier alpha value is -5.86. The number of aromatic hydroxyl groups is 1. The molecule has 210 valence electrons. The zero-order valence-electron chi connectivity index (χ0n) is 24.2. The van der Waals surface area contributed by atoms with Crippen molar-refractivity contribution in [3.63, 3.8) is 0 Å². The minimum atomic E-state index is 0.277. The second-order valence-electron chi connectivity index (χ2n) is 10.8. The molecule has 7 aromatic rings. The van der Waals surface area contributed by atoms with Crippen molar-refractivity contribution in [3.05, 3.63) is 182 Å². The van der Waals surface area contributed by atoms with Crippen LogP contribution < -0.4 is 4.90 Å². The fraction of sp³-hybridized carbons (Fsp3) is 0. The van der Waals surface area contributed by atoms with E-state index in [1.807, 2.05) is 24.3 Å². The molecule has 0 saturated carbocycles. The Labute approximate surface area is 258 Å². The third-order valence-corrected chi connectivity index (χ3v) is 8.01. The number of phenols is 1. The van der Waals surface area contributed by atoms with Crippen LogP contribution in [0.2, 0.25) is 0 Å². The van der Waals surface area contributed by atoms with Crippen molar-refractivity contribution in [2.45, 2.75) is 0 Å². The molecule has 0 fully saturated rings. The van der Waals surface area contributed by atoms with Gasteiger partial charge in [-0.05, 0) is 93.0 Å². The summed E-state index contributed by atoms with van der Waals surface area (Å²) in [5, 5.41) is 9.62. The number of benzene rings is 7. The Morgan fingerprint density at radius 3 is 0.773 bits per heavy atom. The van der Waals surface area contributed by atoms with Gasteiger partial charge in [-0.25, -0.2) is 0 Å². The molecule has 1 N–H and O–H groups in total. The minimum Gasteiger partial charge on any atom is -0.508 e. The molecule has 0 aliphatic rings. The van der Waals surface area contributed by atoms with Gasteiger partial charge in [0.15, 0.2) is 0 Å². The highest BCUT2D eigenvalue weighted by Crippen LogP contribution is 2.38. The maximum absolute atomic E-state index is 9.62. The SMILES string of the molecule is Oc1ccc(-c2ccc(-c3ccc(N(c4ccc(-c5ccccc5)cc4)c4ccc(-c5ccccc5)cc4)cc3)cc2)cc1. The summed E-state index contributed by atoms with van der Waals surface area (Å²) < 4.78 is 0. The van der Waals surface area contributed by atoms with Gasteiger partial charge < -0.3 is 10.0 Å². The van der Waals surface area contributed by atoms with Gasteiger partial charge in [-0.3, -0.25) is 0 Å². The van der Waals surface area contributed by atoms with Crippen molar-refractivity contribution >= 4 is 17.1 Å². The van der Waals surface area contributed by atoms with E-state index in [2.05, 4.69) is 150 Å². The highest BCUT2D eigenvalue weighted by Gasteiger charge is 2.14. The number of anilines is 3. The molecule has 0 bridgehead atoms. The van der Waals surface area contributed by atoms with Crippen LogP contribution in [0.5, 0.6) is 5.75 Å². The molecule has 0 unspecified atom stereocenters. The normalized spacial score (nSPS) is 10.8. The maximum Gasteiger partial charge on any atom is 0.115 e. The van der Waals surface area contributed by atoms with Crippen LogP contribution in [-0.2, 0) is 0 Å². The van der Waals surface area contributed by atoms with Crippen molar-refractivity contribution < 1.29 is 5.11 Å². The monoisotopic (exact) mass is 565 g/mol. The number of rotatable bonds is 7. The van der Waals surface area contributed by atoms with Crippen LogP contribution >= 0.6 is 0 Å². The molecule has 2 nitrogen and oxygen atoms in total. The number of hydrogen-bond donors (Lipinski definition) is 1. The lowest BCUT2D eigenvalue weighted by molar-refractivity contribution is 0.475. The zero-order chi connectivity index (χ0) is 29.7. The van der Waals surface area contributed by atoms with Gasteiger partial charge in [0.25, 0.3) is 0 Å². The Kier molecular flexibility index (Phi) is 7.47. The van der Waals surface area contributed by atoms with Crippen molar-refractivity contribution in [2.24, 2.45) is 0 Å². The first-order valence-corrected chi connectivity index (χ1v) is 14.8. The number of nitrogens with zero attached hydrogens (tertiary/aromatic N) is 1. The lowest BCUT2D eigenvalue weighted by Crippen LogP contribution is -2.09. The van der Waals surface area contributed by atoms with Crippen LogP contribution in [0.3, 0.4) is 0 Å². The third kappa shape index (κ3) is 5.74. The first-order chi connectivity index (χ1) is 21.7. The molecule has 0 heterocycles. The molecular weight excluding hydrogens is 534 g/mol. The summed E-state index contributed by atoms with van der Waals surface area (Å²) in [5.41, 5.74) is 12.6. The lowest BCUT2D eigenvalue weighted by Gasteiger charge is -2.26. The largest absolute Gasteiger partial charge is 0.508 e. The van der Waals surface area contributed by atoms with Crippen LogP contribution in [0, 0.1) is 0 Å². The quantitative estimate of drug-likeness (QED) is 0.208. The predicted octanol–water partition coefficient (Wildman–Crippen LogP) is 11.5. The molecule has 7 aromatic carbocycles. The van der Waals surface area contributed by atoms with E-state index in [9.17, 15) is 5.11 Å². The molecule has 44 heavy (non-hydrogen) atoms. The highest BCUT2D eigenvalue weighted by molar-refractivity contribution is 5.81. The van der Waals surface area contributed by atoms with Crippen LogP contribution in [-0.4, -0.2) is 5.11 Å². The van der Waals surface area contributed by atoms with Crippen molar-refractivity contribution in [2.75, 3.05) is 4.90 Å². The first kappa shape index (κ1) is 27.0. The van der Waals surface area contributed by atoms with Gasteiger partial charge >= 0.3 is 0 Å². The Morgan fingerprint density at radius 1 is 0.250 bits per heavy atom. The Balaban J connectivity index is 1.21. The van der Waals surface area contributed by atoms with Crippen LogP contribution in [0.1, 0.15) is 0 Å². The average Bonchev–Trinajstić information content (AvgIpc) is 3.11. The summed E-state index contributed by atoms with van der Waals surface area (Å²) in [4.78, 5) is 2.31. The fourth-order valence-corrected chi connectivity index (χ4v) is 5.63. The summed E-state index contributed by atoms with van der Waals surface area (Å²) in [6, 6.07) is 63.2. The van der Waals surface area contributed by atoms with E-state index in [4.69, 9.17) is 0 Å². The molecule has 0 aliphatic heterocycles. The van der Waals surface area contributed by atoms with E-state index < -0.39 is 0 Å². The number of phenolic OH excluding ortho intramolecular Hbond substituents is 1. The smallest absolute Gasteiger partial charge is 0.115 e. The summed E-state index contributed by atoms with van der Waals surface area (Å²) >= 11 is 0. The van der Waals surface area contributed by atoms with Crippen LogP contribution in [0.15, 0.2) is 182 Å². The second kappa shape index (κ2) is 12.2. The number of hydrogen-bond acceptors (Lipinski definition) is 2. The van der Waals surface area contributed by atoms with Gasteiger partial charge in [-0.1, -0.05) is 133 Å². The minimum absolute atomic E-state index is 0.277. The van der Waals surface area contributed by atoms with E-state index in [1.165, 1.54) is 22.3 Å². The molecule has 7 rings (SSSR count). The van der Waals surface area contributed by atoms with E-state index in [-0.39, 0.29) is 5.75 Å². The zero-order valence-corrected chi connectivity index (χ0v) is 24.2. The summed E-state index contributed by atoms with van der Waals surface area (Å²) in [5.74, 6) is 0.277. The second-order valence-corrected chi connectivity index (χ2v) is 10.8. The first-order valence-electron chi connectivity index (χ1n) is 14.8. The van der Waals surface area contributed by atoms with E-state index >= 15 is 0 Å². The van der Waals surface area contributed by atoms with Gasteiger partial charge in [0, 0.05) is 17.1 Å². The molecule has 2 heteroatoms. The maximum atomic E-state index is 9.62. The molecule has 0 spiro atoms. The molecule has 0 radical (unpaired) electrons. The highest BCUT2D eigenvalue weighted by atomic mass is 16.3. The van der Waals surface area contributed by atoms with Gasteiger partial charge in [0.1, 0.15) is 5.75 Å². The third-order valence-electron chi connectivity index (χ3n) is 8.01. The van der Waals surface area contributed by atoms with Gasteiger partial charge in [-0.2, -0.15) is 0 Å². The summed E-state index contributed by atoms with van der Waals surface area (Å²) in [6.45, 7) is 0. The van der Waals surface area contributed by atoms with Crippen molar-refractivity contribution in [1.29, 1.82) is 0 Å². The van der Waals surface area contributed by atoms with Crippen molar-refractivity contribution in [3.8, 4) is 50.3 Å². The molecule has 0 saturated heterocycles. The van der Waals surface area contributed by atoms with Crippen molar-refractivity contribution in [1.82, 2.24) is 0 Å². The molecule has 0 aromatic heterocycles. The average molecular weight is 566 g/mol. The molecule has 0 atom stereocenters. The molecular formula is C42H31NO. The van der Waals surface area contributed by atoms with E-state index in [0.29, 0.717) is 0 Å². The van der Waals surface area contributed by atoms with Crippen LogP contribution in [0.4, 0.5) is 17.1 Å². The standard InChI is InChI=1S/C42H31NO/c44-42-29-21-38(22-30-42)34-13-11-33(12-14-34)37-19-27-41(28-20-37)43(39-23-15-35(16-24-39)31-7-3-1-4-8-31)40-25-17-36(18-26-40)32-9-5-2-6-10-32/h1-30,44H. The Bertz CT molecular complexity index is 1860. The topological polar surface area (TPSA) is 23.5 Å². The molecule has 0 aliphatic carbocycles.